The Bertz CT molecular complexity index is 825. The normalized spacial score (nSPS) is 10.4. The highest BCUT2D eigenvalue weighted by molar-refractivity contribution is 7.15. The number of hydrogen-bond acceptors (Lipinski definition) is 5. The summed E-state index contributed by atoms with van der Waals surface area (Å²) in [7, 11) is 1.28. The van der Waals surface area contributed by atoms with Gasteiger partial charge in [-0.3, -0.25) is 9.59 Å². The molecule has 2 N–H and O–H groups in total. The summed E-state index contributed by atoms with van der Waals surface area (Å²) in [5.41, 5.74) is 3.96. The number of carboxylic acid groups (broad SMARTS) is 1. The van der Waals surface area contributed by atoms with E-state index in [1.165, 1.54) is 18.4 Å². The van der Waals surface area contributed by atoms with E-state index in [1.54, 1.807) is 5.38 Å². The van der Waals surface area contributed by atoms with Gasteiger partial charge >= 0.3 is 11.9 Å². The predicted molar refractivity (Wildman–Crippen MR) is 96.1 cm³/mol. The van der Waals surface area contributed by atoms with E-state index in [-0.39, 0.29) is 18.4 Å². The van der Waals surface area contributed by atoms with Crippen LogP contribution in [-0.2, 0) is 14.3 Å². The Morgan fingerprint density at radius 2 is 1.88 bits per heavy atom. The number of aryl methyl sites for hydroxylation is 2. The van der Waals surface area contributed by atoms with Crippen LogP contribution in [0.1, 0.15) is 34.3 Å². The van der Waals surface area contributed by atoms with Gasteiger partial charge in [-0.15, -0.1) is 11.3 Å². The molecule has 2 rings (SSSR count). The van der Waals surface area contributed by atoms with Crippen LogP contribution in [0.25, 0.3) is 11.1 Å². The zero-order chi connectivity index (χ0) is 18.6. The Kier molecular flexibility index (Phi) is 5.93. The SMILES string of the molecule is COC(=O)c1c(-c2ccc(C)cc2C)csc1NC(=O)CCC(=O)O. The molecule has 0 spiro atoms. The second-order valence-corrected chi connectivity index (χ2v) is 6.49. The average molecular weight is 361 g/mol. The summed E-state index contributed by atoms with van der Waals surface area (Å²) < 4.78 is 4.86. The van der Waals surface area contributed by atoms with Gasteiger partial charge in [0, 0.05) is 17.4 Å². The van der Waals surface area contributed by atoms with E-state index in [1.807, 2.05) is 32.0 Å². The molecular weight excluding hydrogens is 342 g/mol. The second kappa shape index (κ2) is 7.94. The van der Waals surface area contributed by atoms with Crippen LogP contribution in [0.2, 0.25) is 0 Å². The molecule has 0 aliphatic rings. The molecule has 7 heteroatoms. The van der Waals surface area contributed by atoms with Crippen molar-refractivity contribution in [3.8, 4) is 11.1 Å². The van der Waals surface area contributed by atoms with Gasteiger partial charge in [-0.25, -0.2) is 4.79 Å². The average Bonchev–Trinajstić information content (AvgIpc) is 2.95. The first kappa shape index (κ1) is 18.7. The van der Waals surface area contributed by atoms with Crippen LogP contribution in [0, 0.1) is 13.8 Å². The fourth-order valence-corrected chi connectivity index (χ4v) is 3.44. The largest absolute Gasteiger partial charge is 0.481 e. The number of esters is 1. The summed E-state index contributed by atoms with van der Waals surface area (Å²) in [5, 5.41) is 13.4. The number of carbonyl (C=O) groups excluding carboxylic acids is 2. The summed E-state index contributed by atoms with van der Waals surface area (Å²) in [5.74, 6) is -2.06. The molecule has 132 valence electrons. The van der Waals surface area contributed by atoms with Crippen LogP contribution in [0.5, 0.6) is 0 Å². The maximum absolute atomic E-state index is 12.3. The van der Waals surface area contributed by atoms with E-state index in [2.05, 4.69) is 5.32 Å². The molecule has 0 fully saturated rings. The molecule has 1 heterocycles. The number of benzene rings is 1. The number of rotatable bonds is 6. The highest BCUT2D eigenvalue weighted by Crippen LogP contribution is 2.37. The lowest BCUT2D eigenvalue weighted by Crippen LogP contribution is -2.15. The van der Waals surface area contributed by atoms with E-state index < -0.39 is 17.8 Å². The zero-order valence-electron chi connectivity index (χ0n) is 14.2. The number of thiophene rings is 1. The minimum absolute atomic E-state index is 0.160. The Morgan fingerprint density at radius 1 is 1.16 bits per heavy atom. The number of carbonyl (C=O) groups is 3. The van der Waals surface area contributed by atoms with Gasteiger partial charge in [-0.05, 0) is 25.0 Å². The van der Waals surface area contributed by atoms with E-state index in [9.17, 15) is 14.4 Å². The maximum atomic E-state index is 12.3. The lowest BCUT2D eigenvalue weighted by Gasteiger charge is -2.10. The molecule has 0 aliphatic heterocycles. The Labute approximate surface area is 149 Å². The molecule has 0 unspecified atom stereocenters. The van der Waals surface area contributed by atoms with Crippen molar-refractivity contribution in [1.29, 1.82) is 0 Å². The molecule has 1 aromatic heterocycles. The van der Waals surface area contributed by atoms with Gasteiger partial charge in [0.1, 0.15) is 10.6 Å². The fraction of sp³-hybridized carbons (Fsp3) is 0.278. The smallest absolute Gasteiger partial charge is 0.341 e. The van der Waals surface area contributed by atoms with Crippen molar-refractivity contribution in [2.75, 3.05) is 12.4 Å². The van der Waals surface area contributed by atoms with E-state index in [0.717, 1.165) is 16.7 Å². The molecule has 0 atom stereocenters. The predicted octanol–water partition coefficient (Wildman–Crippen LogP) is 3.62. The standard InChI is InChI=1S/C18H19NO5S/c1-10-4-5-12(11(2)8-10)13-9-25-17(16(13)18(23)24-3)19-14(20)6-7-15(21)22/h4-5,8-9H,6-7H2,1-3H3,(H,19,20)(H,21,22). The number of aliphatic carboxylic acids is 1. The van der Waals surface area contributed by atoms with Gasteiger partial charge < -0.3 is 15.2 Å². The summed E-state index contributed by atoms with van der Waals surface area (Å²) in [6.45, 7) is 3.94. The number of hydrogen-bond donors (Lipinski definition) is 2. The molecule has 1 aromatic carbocycles. The number of carboxylic acids is 1. The molecule has 2 aromatic rings. The molecule has 1 amide bonds. The summed E-state index contributed by atoms with van der Waals surface area (Å²) in [6, 6.07) is 5.89. The Balaban J connectivity index is 2.39. The van der Waals surface area contributed by atoms with E-state index in [4.69, 9.17) is 9.84 Å². The van der Waals surface area contributed by atoms with Gasteiger partial charge in [0.2, 0.25) is 5.91 Å². The van der Waals surface area contributed by atoms with Gasteiger partial charge in [0.15, 0.2) is 0 Å². The fourth-order valence-electron chi connectivity index (χ4n) is 2.48. The van der Waals surface area contributed by atoms with Crippen LogP contribution in [-0.4, -0.2) is 30.1 Å². The van der Waals surface area contributed by atoms with Crippen LogP contribution >= 0.6 is 11.3 Å². The van der Waals surface area contributed by atoms with Gasteiger partial charge in [0.25, 0.3) is 0 Å². The minimum Gasteiger partial charge on any atom is -0.481 e. The first-order valence-electron chi connectivity index (χ1n) is 7.62. The van der Waals surface area contributed by atoms with Crippen molar-refractivity contribution in [1.82, 2.24) is 0 Å². The van der Waals surface area contributed by atoms with E-state index >= 15 is 0 Å². The Morgan fingerprint density at radius 3 is 2.48 bits per heavy atom. The molecule has 0 saturated heterocycles. The van der Waals surface area contributed by atoms with E-state index in [0.29, 0.717) is 10.6 Å². The summed E-state index contributed by atoms with van der Waals surface area (Å²) >= 11 is 1.21. The van der Waals surface area contributed by atoms with Crippen molar-refractivity contribution in [2.24, 2.45) is 0 Å². The zero-order valence-corrected chi connectivity index (χ0v) is 15.0. The van der Waals surface area contributed by atoms with Gasteiger partial charge in [0.05, 0.1) is 13.5 Å². The first-order chi connectivity index (χ1) is 11.8. The number of anilines is 1. The van der Waals surface area contributed by atoms with Crippen LogP contribution in [0.3, 0.4) is 0 Å². The van der Waals surface area contributed by atoms with Crippen molar-refractivity contribution in [3.05, 3.63) is 40.3 Å². The topological polar surface area (TPSA) is 92.7 Å². The van der Waals surface area contributed by atoms with Crippen LogP contribution in [0.15, 0.2) is 23.6 Å². The molecule has 25 heavy (non-hydrogen) atoms. The summed E-state index contributed by atoms with van der Waals surface area (Å²) in [4.78, 5) is 34.8. The van der Waals surface area contributed by atoms with Crippen molar-refractivity contribution < 1.29 is 24.2 Å². The van der Waals surface area contributed by atoms with Crippen molar-refractivity contribution in [2.45, 2.75) is 26.7 Å². The van der Waals surface area contributed by atoms with Crippen molar-refractivity contribution in [3.63, 3.8) is 0 Å². The maximum Gasteiger partial charge on any atom is 0.341 e. The van der Waals surface area contributed by atoms with Gasteiger partial charge in [-0.1, -0.05) is 23.8 Å². The van der Waals surface area contributed by atoms with Crippen molar-refractivity contribution >= 4 is 34.2 Å². The lowest BCUT2D eigenvalue weighted by atomic mass is 9.97. The summed E-state index contributed by atoms with van der Waals surface area (Å²) in [6.07, 6.45) is -0.429. The third-order valence-electron chi connectivity index (χ3n) is 3.67. The molecular formula is C18H19NO5S. The molecule has 0 bridgehead atoms. The quantitative estimate of drug-likeness (QED) is 0.767. The minimum atomic E-state index is -1.05. The number of amides is 1. The number of ether oxygens (including phenoxy) is 1. The second-order valence-electron chi connectivity index (χ2n) is 5.61. The molecule has 0 radical (unpaired) electrons. The Hall–Kier alpha value is -2.67. The molecule has 0 aliphatic carbocycles. The van der Waals surface area contributed by atoms with Gasteiger partial charge in [-0.2, -0.15) is 0 Å². The molecule has 0 saturated carbocycles. The van der Waals surface area contributed by atoms with Crippen LogP contribution < -0.4 is 5.32 Å². The first-order valence-corrected chi connectivity index (χ1v) is 8.50. The highest BCUT2D eigenvalue weighted by Gasteiger charge is 2.23. The third-order valence-corrected chi connectivity index (χ3v) is 4.57. The molecule has 6 nitrogen and oxygen atoms in total. The highest BCUT2D eigenvalue weighted by atomic mass is 32.1. The lowest BCUT2D eigenvalue weighted by molar-refractivity contribution is -0.138. The monoisotopic (exact) mass is 361 g/mol. The third kappa shape index (κ3) is 4.45. The number of nitrogens with one attached hydrogen (secondary N) is 1. The number of methoxy groups -OCH3 is 1. The van der Waals surface area contributed by atoms with Crippen LogP contribution in [0.4, 0.5) is 5.00 Å².